The highest BCUT2D eigenvalue weighted by Crippen LogP contribution is 2.34. The van der Waals surface area contributed by atoms with Gasteiger partial charge < -0.3 is 5.73 Å². The molecule has 0 aliphatic heterocycles. The number of rotatable bonds is 3. The number of anilines is 2. The van der Waals surface area contributed by atoms with E-state index in [9.17, 15) is 4.79 Å². The minimum atomic E-state index is -0.288. The fraction of sp³-hybridized carbons (Fsp3) is 0.0714. The van der Waals surface area contributed by atoms with Crippen molar-refractivity contribution < 1.29 is 4.79 Å². The average Bonchev–Trinajstić information content (AvgIpc) is 3.05. The topological polar surface area (TPSA) is 80.9 Å². The second kappa shape index (κ2) is 7.39. The minimum absolute atomic E-state index is 0. The van der Waals surface area contributed by atoms with Crippen LogP contribution in [0.2, 0.25) is 5.02 Å². The number of nitrogens with two attached hydrogens (primary N) is 1. The smallest absolute Gasteiger partial charge is 0.258 e. The molecule has 1 aromatic carbocycles. The molecule has 2 heterocycles. The number of hydrogen-bond donors (Lipinski definition) is 2. The molecule has 5 nitrogen and oxygen atoms in total. The lowest BCUT2D eigenvalue weighted by molar-refractivity contribution is 0.102. The molecule has 3 rings (SSSR count). The Labute approximate surface area is 156 Å². The Morgan fingerprint density at radius 3 is 2.70 bits per heavy atom. The molecule has 1 amide bonds. The fourth-order valence-corrected chi connectivity index (χ4v) is 3.66. The summed E-state index contributed by atoms with van der Waals surface area (Å²) >= 11 is 8.75. The predicted octanol–water partition coefficient (Wildman–Crippen LogP) is 4.64. The van der Waals surface area contributed by atoms with Gasteiger partial charge in [0.25, 0.3) is 5.91 Å². The molecule has 3 N–H and O–H groups in total. The maximum absolute atomic E-state index is 12.2. The molecule has 0 bridgehead atoms. The maximum atomic E-state index is 12.2. The predicted molar refractivity (Wildman–Crippen MR) is 102 cm³/mol. The highest BCUT2D eigenvalue weighted by atomic mass is 79.9. The van der Waals surface area contributed by atoms with Crippen LogP contribution in [0.25, 0.3) is 10.6 Å². The van der Waals surface area contributed by atoms with E-state index in [2.05, 4.69) is 15.3 Å². The van der Waals surface area contributed by atoms with Gasteiger partial charge in [-0.15, -0.1) is 28.3 Å². The molecule has 23 heavy (non-hydrogen) atoms. The van der Waals surface area contributed by atoms with Gasteiger partial charge in [-0.05, 0) is 19.1 Å². The summed E-state index contributed by atoms with van der Waals surface area (Å²) in [7, 11) is 0. The third kappa shape index (κ3) is 3.89. The standard InChI is InChI=1S/C14H11ClN4OS2.BrH/c1-7-11(10-6-21-13(16)18-10)22-14(17-7)19-12(20)8-4-2-3-5-9(8)15;/h2-6H,1H3,(H2,16,18)(H,17,19,20);1H. The molecule has 0 radical (unpaired) electrons. The number of nitrogens with one attached hydrogen (secondary N) is 1. The highest BCUT2D eigenvalue weighted by Gasteiger charge is 2.16. The molecule has 0 saturated heterocycles. The van der Waals surface area contributed by atoms with Gasteiger partial charge in [0.05, 0.1) is 26.9 Å². The molecular formula is C14H12BrClN4OS2. The summed E-state index contributed by atoms with van der Waals surface area (Å²) in [6, 6.07) is 6.88. The van der Waals surface area contributed by atoms with Crippen molar-refractivity contribution in [3.05, 3.63) is 45.9 Å². The second-order valence-corrected chi connectivity index (χ2v) is 6.73. The Hall–Kier alpha value is -1.48. The number of carbonyl (C=O) groups is 1. The van der Waals surface area contributed by atoms with E-state index in [0.717, 1.165) is 16.3 Å². The minimum Gasteiger partial charge on any atom is -0.375 e. The number of nitrogens with zero attached hydrogens (tertiary/aromatic N) is 2. The molecule has 0 saturated carbocycles. The number of thiazole rings is 2. The number of halogens is 2. The van der Waals surface area contributed by atoms with Gasteiger partial charge in [0.15, 0.2) is 10.3 Å². The number of carbonyl (C=O) groups excluding carboxylic acids is 1. The van der Waals surface area contributed by atoms with Crippen molar-refractivity contribution in [2.75, 3.05) is 11.1 Å². The van der Waals surface area contributed by atoms with E-state index in [1.807, 2.05) is 12.3 Å². The third-order valence-electron chi connectivity index (χ3n) is 2.89. The van der Waals surface area contributed by atoms with Crippen LogP contribution in [0.3, 0.4) is 0 Å². The summed E-state index contributed by atoms with van der Waals surface area (Å²) in [5.74, 6) is -0.288. The van der Waals surface area contributed by atoms with Gasteiger partial charge in [0.2, 0.25) is 0 Å². The lowest BCUT2D eigenvalue weighted by atomic mass is 10.2. The Morgan fingerprint density at radius 1 is 1.30 bits per heavy atom. The van der Waals surface area contributed by atoms with E-state index < -0.39 is 0 Å². The van der Waals surface area contributed by atoms with Crippen LogP contribution >= 0.6 is 51.3 Å². The molecule has 9 heteroatoms. The van der Waals surface area contributed by atoms with Gasteiger partial charge in [0.1, 0.15) is 0 Å². The first-order chi connectivity index (χ1) is 10.5. The monoisotopic (exact) mass is 430 g/mol. The van der Waals surface area contributed by atoms with E-state index >= 15 is 0 Å². The van der Waals surface area contributed by atoms with Crippen LogP contribution in [-0.2, 0) is 0 Å². The first kappa shape index (κ1) is 17.9. The molecule has 0 spiro atoms. The van der Waals surface area contributed by atoms with Crippen molar-refractivity contribution in [3.63, 3.8) is 0 Å². The van der Waals surface area contributed by atoms with E-state index in [4.69, 9.17) is 17.3 Å². The summed E-state index contributed by atoms with van der Waals surface area (Å²) in [6.07, 6.45) is 0. The van der Waals surface area contributed by atoms with E-state index in [1.165, 1.54) is 22.7 Å². The molecule has 0 fully saturated rings. The summed E-state index contributed by atoms with van der Waals surface area (Å²) in [6.45, 7) is 1.87. The number of aromatic nitrogens is 2. The first-order valence-electron chi connectivity index (χ1n) is 6.29. The summed E-state index contributed by atoms with van der Waals surface area (Å²) in [5.41, 5.74) is 7.64. The normalized spacial score (nSPS) is 10.2. The number of hydrogen-bond acceptors (Lipinski definition) is 6. The lowest BCUT2D eigenvalue weighted by Crippen LogP contribution is -2.12. The van der Waals surface area contributed by atoms with Crippen molar-refractivity contribution in [1.82, 2.24) is 9.97 Å². The van der Waals surface area contributed by atoms with Gasteiger partial charge >= 0.3 is 0 Å². The quantitative estimate of drug-likeness (QED) is 0.633. The molecular weight excluding hydrogens is 420 g/mol. The lowest BCUT2D eigenvalue weighted by Gasteiger charge is -2.03. The zero-order valence-electron chi connectivity index (χ0n) is 11.9. The van der Waals surface area contributed by atoms with Gasteiger partial charge in [0, 0.05) is 5.38 Å². The van der Waals surface area contributed by atoms with Crippen LogP contribution in [-0.4, -0.2) is 15.9 Å². The Morgan fingerprint density at radius 2 is 2.04 bits per heavy atom. The third-order valence-corrected chi connectivity index (χ3v) is 4.99. The zero-order chi connectivity index (χ0) is 15.7. The van der Waals surface area contributed by atoms with Crippen molar-refractivity contribution in [2.45, 2.75) is 6.92 Å². The molecule has 0 aliphatic rings. The van der Waals surface area contributed by atoms with Gasteiger partial charge in [-0.3, -0.25) is 10.1 Å². The molecule has 120 valence electrons. The Kier molecular flexibility index (Phi) is 5.74. The van der Waals surface area contributed by atoms with Crippen LogP contribution in [0.15, 0.2) is 29.6 Å². The van der Waals surface area contributed by atoms with Gasteiger partial charge in [-0.25, -0.2) is 9.97 Å². The second-order valence-electron chi connectivity index (χ2n) is 4.44. The highest BCUT2D eigenvalue weighted by molar-refractivity contribution is 8.93. The summed E-state index contributed by atoms with van der Waals surface area (Å²) < 4.78 is 0. The first-order valence-corrected chi connectivity index (χ1v) is 8.36. The van der Waals surface area contributed by atoms with Crippen molar-refractivity contribution in [3.8, 4) is 10.6 Å². The van der Waals surface area contributed by atoms with E-state index in [1.54, 1.807) is 24.3 Å². The number of nitrogen functional groups attached to an aromatic ring is 1. The van der Waals surface area contributed by atoms with Crippen molar-refractivity contribution >= 4 is 67.4 Å². The number of benzene rings is 1. The SMILES string of the molecule is Br.Cc1nc(NC(=O)c2ccccc2Cl)sc1-c1csc(N)n1. The molecule has 0 aliphatic carbocycles. The maximum Gasteiger partial charge on any atom is 0.258 e. The Balaban J connectivity index is 0.00000192. The zero-order valence-corrected chi connectivity index (χ0v) is 16.0. The molecule has 2 aromatic heterocycles. The summed E-state index contributed by atoms with van der Waals surface area (Å²) in [5, 5.41) is 6.05. The molecule has 0 unspecified atom stereocenters. The van der Waals surface area contributed by atoms with Crippen molar-refractivity contribution in [2.24, 2.45) is 0 Å². The van der Waals surface area contributed by atoms with Crippen LogP contribution in [0.1, 0.15) is 16.1 Å². The van der Waals surface area contributed by atoms with Gasteiger partial charge in [-0.1, -0.05) is 35.1 Å². The largest absolute Gasteiger partial charge is 0.375 e. The van der Waals surface area contributed by atoms with Crippen LogP contribution in [0, 0.1) is 6.92 Å². The number of aryl methyl sites for hydroxylation is 1. The molecule has 0 atom stereocenters. The number of amides is 1. The van der Waals surface area contributed by atoms with Gasteiger partial charge in [-0.2, -0.15) is 0 Å². The average molecular weight is 432 g/mol. The molecule has 3 aromatic rings. The van der Waals surface area contributed by atoms with E-state index in [0.29, 0.717) is 20.8 Å². The van der Waals surface area contributed by atoms with Crippen LogP contribution in [0.4, 0.5) is 10.3 Å². The fourth-order valence-electron chi connectivity index (χ4n) is 1.89. The Bertz CT molecular complexity index is 849. The van der Waals surface area contributed by atoms with E-state index in [-0.39, 0.29) is 22.9 Å². The van der Waals surface area contributed by atoms with Crippen LogP contribution in [0.5, 0.6) is 0 Å². The van der Waals surface area contributed by atoms with Crippen LogP contribution < -0.4 is 11.1 Å². The van der Waals surface area contributed by atoms with Crippen molar-refractivity contribution in [1.29, 1.82) is 0 Å². The summed E-state index contributed by atoms with van der Waals surface area (Å²) in [4.78, 5) is 21.7.